The van der Waals surface area contributed by atoms with E-state index in [4.69, 9.17) is 14.6 Å². The Hall–Kier alpha value is -2.08. The monoisotopic (exact) mass is 279 g/mol. The van der Waals surface area contributed by atoms with Gasteiger partial charge in [0, 0.05) is 5.69 Å². The van der Waals surface area contributed by atoms with Gasteiger partial charge in [0.05, 0.1) is 6.61 Å². The van der Waals surface area contributed by atoms with Crippen molar-refractivity contribution >= 4 is 17.6 Å². The van der Waals surface area contributed by atoms with Crippen molar-refractivity contribution in [1.29, 1.82) is 0 Å². The molecule has 0 bridgehead atoms. The standard InChI is InChI=1S/C14H17NO5/c16-13(8-19-7-10-1-2-10)15-11-3-5-12(6-4-11)20-9-14(17)18/h3-6,10H,1-2,7-9H2,(H,15,16)(H,17,18). The molecule has 0 saturated heterocycles. The van der Waals surface area contributed by atoms with Gasteiger partial charge >= 0.3 is 5.97 Å². The molecule has 6 heteroatoms. The van der Waals surface area contributed by atoms with Crippen molar-refractivity contribution in [2.24, 2.45) is 5.92 Å². The van der Waals surface area contributed by atoms with Gasteiger partial charge in [-0.25, -0.2) is 4.79 Å². The average molecular weight is 279 g/mol. The van der Waals surface area contributed by atoms with E-state index in [-0.39, 0.29) is 19.1 Å². The highest BCUT2D eigenvalue weighted by atomic mass is 16.5. The molecule has 6 nitrogen and oxygen atoms in total. The second kappa shape index (κ2) is 6.91. The zero-order valence-corrected chi connectivity index (χ0v) is 11.0. The van der Waals surface area contributed by atoms with Crippen molar-refractivity contribution in [1.82, 2.24) is 0 Å². The van der Waals surface area contributed by atoms with Crippen molar-refractivity contribution in [3.8, 4) is 5.75 Å². The molecule has 1 saturated carbocycles. The molecule has 1 fully saturated rings. The number of carbonyl (C=O) groups is 2. The molecule has 0 heterocycles. The van der Waals surface area contributed by atoms with E-state index >= 15 is 0 Å². The Kier molecular flexibility index (Phi) is 4.95. The smallest absolute Gasteiger partial charge is 0.341 e. The zero-order valence-electron chi connectivity index (χ0n) is 11.0. The number of anilines is 1. The predicted octanol–water partition coefficient (Wildman–Crippen LogP) is 1.52. The van der Waals surface area contributed by atoms with E-state index in [9.17, 15) is 9.59 Å². The third-order valence-electron chi connectivity index (χ3n) is 2.78. The molecule has 1 aromatic rings. The lowest BCUT2D eigenvalue weighted by molar-refractivity contribution is -0.139. The van der Waals surface area contributed by atoms with Crippen LogP contribution < -0.4 is 10.1 Å². The van der Waals surface area contributed by atoms with E-state index in [1.54, 1.807) is 24.3 Å². The van der Waals surface area contributed by atoms with Gasteiger partial charge in [-0.3, -0.25) is 4.79 Å². The molecule has 0 spiro atoms. The van der Waals surface area contributed by atoms with Gasteiger partial charge in [0.15, 0.2) is 6.61 Å². The molecule has 0 atom stereocenters. The maximum Gasteiger partial charge on any atom is 0.341 e. The molecular formula is C14H17NO5. The van der Waals surface area contributed by atoms with Crippen LogP contribution in [0.15, 0.2) is 24.3 Å². The van der Waals surface area contributed by atoms with Crippen molar-refractivity contribution < 1.29 is 24.2 Å². The highest BCUT2D eigenvalue weighted by Crippen LogP contribution is 2.28. The van der Waals surface area contributed by atoms with Crippen LogP contribution in [0.4, 0.5) is 5.69 Å². The summed E-state index contributed by atoms with van der Waals surface area (Å²) in [6.45, 7) is 0.309. The van der Waals surface area contributed by atoms with E-state index < -0.39 is 5.97 Å². The van der Waals surface area contributed by atoms with E-state index in [0.29, 0.717) is 24.0 Å². The number of carbonyl (C=O) groups excluding carboxylic acids is 1. The maximum atomic E-state index is 11.6. The fourth-order valence-electron chi connectivity index (χ4n) is 1.58. The van der Waals surface area contributed by atoms with Crippen LogP contribution in [-0.4, -0.2) is 36.8 Å². The van der Waals surface area contributed by atoms with Crippen molar-refractivity contribution in [2.75, 3.05) is 25.1 Å². The molecule has 2 rings (SSSR count). The third kappa shape index (κ3) is 5.27. The Bertz CT molecular complexity index is 467. The van der Waals surface area contributed by atoms with Crippen LogP contribution in [0, 0.1) is 5.92 Å². The van der Waals surface area contributed by atoms with E-state index in [0.717, 1.165) is 0 Å². The number of rotatable bonds is 8. The molecule has 2 N–H and O–H groups in total. The Morgan fingerprint density at radius 1 is 1.20 bits per heavy atom. The van der Waals surface area contributed by atoms with Gasteiger partial charge in [0.1, 0.15) is 12.4 Å². The third-order valence-corrected chi connectivity index (χ3v) is 2.78. The number of carboxylic acids is 1. The van der Waals surface area contributed by atoms with E-state index in [1.165, 1.54) is 12.8 Å². The quantitative estimate of drug-likeness (QED) is 0.753. The van der Waals surface area contributed by atoms with Crippen LogP contribution in [0.2, 0.25) is 0 Å². The summed E-state index contributed by atoms with van der Waals surface area (Å²) >= 11 is 0. The summed E-state index contributed by atoms with van der Waals surface area (Å²) in [5.41, 5.74) is 0.618. The van der Waals surface area contributed by atoms with Crippen LogP contribution >= 0.6 is 0 Å². The minimum absolute atomic E-state index is 0.0494. The molecule has 0 radical (unpaired) electrons. The first-order valence-electron chi connectivity index (χ1n) is 6.46. The Morgan fingerprint density at radius 3 is 2.50 bits per heavy atom. The van der Waals surface area contributed by atoms with Gasteiger partial charge in [-0.15, -0.1) is 0 Å². The zero-order chi connectivity index (χ0) is 14.4. The SMILES string of the molecule is O=C(O)COc1ccc(NC(=O)COCC2CC2)cc1. The molecule has 0 aliphatic heterocycles. The number of nitrogens with one attached hydrogen (secondary N) is 1. The molecule has 1 amide bonds. The minimum Gasteiger partial charge on any atom is -0.482 e. The van der Waals surface area contributed by atoms with Gasteiger partial charge in [0.2, 0.25) is 5.91 Å². The summed E-state index contributed by atoms with van der Waals surface area (Å²) in [7, 11) is 0. The number of hydrogen-bond acceptors (Lipinski definition) is 4. The van der Waals surface area contributed by atoms with Gasteiger partial charge in [-0.1, -0.05) is 0 Å². The first-order valence-corrected chi connectivity index (χ1v) is 6.46. The van der Waals surface area contributed by atoms with Crippen molar-refractivity contribution in [2.45, 2.75) is 12.8 Å². The topological polar surface area (TPSA) is 84.9 Å². The Morgan fingerprint density at radius 2 is 1.90 bits per heavy atom. The molecule has 108 valence electrons. The maximum absolute atomic E-state index is 11.6. The van der Waals surface area contributed by atoms with Crippen LogP contribution in [0.5, 0.6) is 5.75 Å². The summed E-state index contributed by atoms with van der Waals surface area (Å²) in [6.07, 6.45) is 2.39. The predicted molar refractivity (Wildman–Crippen MR) is 71.7 cm³/mol. The highest BCUT2D eigenvalue weighted by molar-refractivity contribution is 5.91. The molecule has 0 unspecified atom stereocenters. The molecule has 1 aromatic carbocycles. The van der Waals surface area contributed by atoms with E-state index in [2.05, 4.69) is 5.32 Å². The minimum atomic E-state index is -1.03. The number of hydrogen-bond donors (Lipinski definition) is 2. The highest BCUT2D eigenvalue weighted by Gasteiger charge is 2.21. The first-order chi connectivity index (χ1) is 9.63. The number of ether oxygens (including phenoxy) is 2. The number of amides is 1. The number of aliphatic carboxylic acids is 1. The van der Waals surface area contributed by atoms with Crippen LogP contribution in [-0.2, 0) is 14.3 Å². The summed E-state index contributed by atoms with van der Waals surface area (Å²) in [6, 6.07) is 6.50. The number of carboxylic acid groups (broad SMARTS) is 1. The largest absolute Gasteiger partial charge is 0.482 e. The Labute approximate surface area is 116 Å². The lowest BCUT2D eigenvalue weighted by Gasteiger charge is -2.07. The normalized spacial score (nSPS) is 13.8. The number of benzene rings is 1. The summed E-state index contributed by atoms with van der Waals surface area (Å²) in [4.78, 5) is 21.9. The van der Waals surface area contributed by atoms with Crippen LogP contribution in [0.1, 0.15) is 12.8 Å². The molecule has 1 aliphatic carbocycles. The molecule has 0 aromatic heterocycles. The van der Waals surface area contributed by atoms with Gasteiger partial charge < -0.3 is 19.9 Å². The lowest BCUT2D eigenvalue weighted by atomic mass is 10.3. The van der Waals surface area contributed by atoms with Gasteiger partial charge in [-0.05, 0) is 43.0 Å². The lowest BCUT2D eigenvalue weighted by Crippen LogP contribution is -2.19. The fourth-order valence-corrected chi connectivity index (χ4v) is 1.58. The average Bonchev–Trinajstić information content (AvgIpc) is 3.22. The molecular weight excluding hydrogens is 262 g/mol. The van der Waals surface area contributed by atoms with Crippen LogP contribution in [0.25, 0.3) is 0 Å². The molecule has 20 heavy (non-hydrogen) atoms. The summed E-state index contributed by atoms with van der Waals surface area (Å²) < 4.78 is 10.3. The fraction of sp³-hybridized carbons (Fsp3) is 0.429. The summed E-state index contributed by atoms with van der Waals surface area (Å²) in [5, 5.41) is 11.2. The second-order valence-electron chi connectivity index (χ2n) is 4.71. The molecule has 1 aliphatic rings. The first kappa shape index (κ1) is 14.3. The van der Waals surface area contributed by atoms with Gasteiger partial charge in [0.25, 0.3) is 0 Å². The van der Waals surface area contributed by atoms with Crippen molar-refractivity contribution in [3.05, 3.63) is 24.3 Å². The van der Waals surface area contributed by atoms with Crippen LogP contribution in [0.3, 0.4) is 0 Å². The van der Waals surface area contributed by atoms with E-state index in [1.807, 2.05) is 0 Å². The Balaban J connectivity index is 1.71. The summed E-state index contributed by atoms with van der Waals surface area (Å²) in [5.74, 6) is -0.163. The second-order valence-corrected chi connectivity index (χ2v) is 4.71. The van der Waals surface area contributed by atoms with Crippen molar-refractivity contribution in [3.63, 3.8) is 0 Å². The van der Waals surface area contributed by atoms with Gasteiger partial charge in [-0.2, -0.15) is 0 Å².